The predicted octanol–water partition coefficient (Wildman–Crippen LogP) is 2.84. The second-order valence-corrected chi connectivity index (χ2v) is 6.06. The van der Waals surface area contributed by atoms with E-state index in [2.05, 4.69) is 19.1 Å². The van der Waals surface area contributed by atoms with Crippen LogP contribution in [0.15, 0.2) is 24.3 Å². The summed E-state index contributed by atoms with van der Waals surface area (Å²) in [5.41, 5.74) is 7.44. The SMILES string of the molecule is CCC(N)C(SCC(C)CO)c1cccc(OC)c1. The highest BCUT2D eigenvalue weighted by molar-refractivity contribution is 7.99. The van der Waals surface area contributed by atoms with E-state index >= 15 is 0 Å². The largest absolute Gasteiger partial charge is 0.497 e. The lowest BCUT2D eigenvalue weighted by molar-refractivity contribution is 0.250. The van der Waals surface area contributed by atoms with E-state index in [-0.39, 0.29) is 17.9 Å². The second kappa shape index (κ2) is 8.46. The molecule has 0 aliphatic carbocycles. The Balaban J connectivity index is 2.83. The summed E-state index contributed by atoms with van der Waals surface area (Å²) < 4.78 is 5.28. The molecule has 0 aromatic heterocycles. The van der Waals surface area contributed by atoms with Gasteiger partial charge in [-0.05, 0) is 35.8 Å². The fraction of sp³-hybridized carbons (Fsp3) is 0.600. The van der Waals surface area contributed by atoms with Crippen LogP contribution in [0.25, 0.3) is 0 Å². The van der Waals surface area contributed by atoms with Gasteiger partial charge in [-0.3, -0.25) is 0 Å². The average Bonchev–Trinajstić information content (AvgIpc) is 2.46. The van der Waals surface area contributed by atoms with Crippen LogP contribution >= 0.6 is 11.8 Å². The molecule has 3 nitrogen and oxygen atoms in total. The van der Waals surface area contributed by atoms with Gasteiger partial charge < -0.3 is 15.6 Å². The van der Waals surface area contributed by atoms with Gasteiger partial charge in [-0.15, -0.1) is 0 Å². The lowest BCUT2D eigenvalue weighted by atomic mass is 10.0. The summed E-state index contributed by atoms with van der Waals surface area (Å²) in [5, 5.41) is 9.38. The molecule has 1 aromatic carbocycles. The highest BCUT2D eigenvalue weighted by Crippen LogP contribution is 2.35. The van der Waals surface area contributed by atoms with Crippen molar-refractivity contribution in [1.29, 1.82) is 0 Å². The van der Waals surface area contributed by atoms with Crippen molar-refractivity contribution < 1.29 is 9.84 Å². The van der Waals surface area contributed by atoms with Crippen LogP contribution in [-0.4, -0.2) is 30.6 Å². The molecule has 0 saturated carbocycles. The maximum atomic E-state index is 9.13. The number of aliphatic hydroxyl groups is 1. The lowest BCUT2D eigenvalue weighted by Crippen LogP contribution is -2.26. The Labute approximate surface area is 120 Å². The highest BCUT2D eigenvalue weighted by Gasteiger charge is 2.20. The summed E-state index contributed by atoms with van der Waals surface area (Å²) in [6, 6.07) is 8.21. The second-order valence-electron chi connectivity index (χ2n) is 4.89. The Morgan fingerprint density at radius 2 is 2.16 bits per heavy atom. The van der Waals surface area contributed by atoms with Gasteiger partial charge in [-0.25, -0.2) is 0 Å². The van der Waals surface area contributed by atoms with Crippen molar-refractivity contribution in [3.8, 4) is 5.75 Å². The third kappa shape index (κ3) is 5.05. The number of methoxy groups -OCH3 is 1. The molecule has 3 atom stereocenters. The summed E-state index contributed by atoms with van der Waals surface area (Å²) in [7, 11) is 1.68. The normalized spacial score (nSPS) is 15.8. The number of aliphatic hydroxyl groups excluding tert-OH is 1. The number of ether oxygens (including phenoxy) is 1. The maximum Gasteiger partial charge on any atom is 0.119 e. The molecule has 19 heavy (non-hydrogen) atoms. The number of nitrogens with two attached hydrogens (primary N) is 1. The first kappa shape index (κ1) is 16.3. The first-order valence-corrected chi connectivity index (χ1v) is 7.79. The van der Waals surface area contributed by atoms with Crippen LogP contribution in [0, 0.1) is 5.92 Å². The third-order valence-electron chi connectivity index (χ3n) is 3.15. The Hall–Kier alpha value is -0.710. The summed E-state index contributed by atoms with van der Waals surface area (Å²) in [5.74, 6) is 2.07. The van der Waals surface area contributed by atoms with Crippen molar-refractivity contribution in [2.75, 3.05) is 19.5 Å². The van der Waals surface area contributed by atoms with Gasteiger partial charge in [0.2, 0.25) is 0 Å². The molecule has 0 spiro atoms. The molecule has 4 heteroatoms. The number of rotatable bonds is 8. The first-order chi connectivity index (χ1) is 9.12. The summed E-state index contributed by atoms with van der Waals surface area (Å²) in [6.45, 7) is 4.38. The van der Waals surface area contributed by atoms with Crippen molar-refractivity contribution >= 4 is 11.8 Å². The van der Waals surface area contributed by atoms with Crippen molar-refractivity contribution in [3.63, 3.8) is 0 Å². The molecule has 1 rings (SSSR count). The summed E-state index contributed by atoms with van der Waals surface area (Å²) >= 11 is 1.82. The van der Waals surface area contributed by atoms with Crippen LogP contribution in [0.5, 0.6) is 5.75 Å². The molecule has 0 heterocycles. The summed E-state index contributed by atoms with van der Waals surface area (Å²) in [6.07, 6.45) is 0.933. The zero-order chi connectivity index (χ0) is 14.3. The van der Waals surface area contributed by atoms with Crippen molar-refractivity contribution in [2.45, 2.75) is 31.6 Å². The van der Waals surface area contributed by atoms with Gasteiger partial charge >= 0.3 is 0 Å². The van der Waals surface area contributed by atoms with E-state index in [1.165, 1.54) is 5.56 Å². The standard InChI is InChI=1S/C15H25NO2S/c1-4-14(16)15(19-10-11(2)9-17)12-6-5-7-13(8-12)18-3/h5-8,11,14-15,17H,4,9-10,16H2,1-3H3. The minimum atomic E-state index is 0.114. The Kier molecular flexibility index (Phi) is 7.28. The van der Waals surface area contributed by atoms with Crippen molar-refractivity contribution in [3.05, 3.63) is 29.8 Å². The quantitative estimate of drug-likeness (QED) is 0.770. The van der Waals surface area contributed by atoms with Gasteiger partial charge in [0.25, 0.3) is 0 Å². The molecule has 3 unspecified atom stereocenters. The van der Waals surface area contributed by atoms with Gasteiger partial charge in [0.05, 0.1) is 7.11 Å². The van der Waals surface area contributed by atoms with Gasteiger partial charge in [0.15, 0.2) is 0 Å². The van der Waals surface area contributed by atoms with E-state index in [1.54, 1.807) is 7.11 Å². The molecule has 0 aliphatic rings. The minimum Gasteiger partial charge on any atom is -0.497 e. The van der Waals surface area contributed by atoms with Gasteiger partial charge in [-0.2, -0.15) is 11.8 Å². The molecule has 1 aromatic rings. The molecule has 108 valence electrons. The van der Waals surface area contributed by atoms with E-state index in [9.17, 15) is 0 Å². The fourth-order valence-corrected chi connectivity index (χ4v) is 3.24. The molecule has 0 radical (unpaired) electrons. The molecular formula is C15H25NO2S. The topological polar surface area (TPSA) is 55.5 Å². The maximum absolute atomic E-state index is 9.13. The van der Waals surface area contributed by atoms with Gasteiger partial charge in [-0.1, -0.05) is 26.0 Å². The summed E-state index contributed by atoms with van der Waals surface area (Å²) in [4.78, 5) is 0. The Morgan fingerprint density at radius 3 is 2.74 bits per heavy atom. The zero-order valence-corrected chi connectivity index (χ0v) is 12.8. The van der Waals surface area contributed by atoms with Crippen LogP contribution in [0.4, 0.5) is 0 Å². The molecule has 0 bridgehead atoms. The molecule has 0 saturated heterocycles. The van der Waals surface area contributed by atoms with Crippen molar-refractivity contribution in [2.24, 2.45) is 11.7 Å². The minimum absolute atomic E-state index is 0.114. The zero-order valence-electron chi connectivity index (χ0n) is 12.0. The molecule has 0 fully saturated rings. The lowest BCUT2D eigenvalue weighted by Gasteiger charge is -2.24. The van der Waals surface area contributed by atoms with Crippen LogP contribution in [0.2, 0.25) is 0 Å². The highest BCUT2D eigenvalue weighted by atomic mass is 32.2. The number of thioether (sulfide) groups is 1. The molecule has 3 N–H and O–H groups in total. The molecule has 0 amide bonds. The fourth-order valence-electron chi connectivity index (χ4n) is 1.82. The van der Waals surface area contributed by atoms with E-state index in [4.69, 9.17) is 15.6 Å². The van der Waals surface area contributed by atoms with Crippen LogP contribution < -0.4 is 10.5 Å². The van der Waals surface area contributed by atoms with Crippen molar-refractivity contribution in [1.82, 2.24) is 0 Å². The predicted molar refractivity (Wildman–Crippen MR) is 82.7 cm³/mol. The Bertz CT molecular complexity index is 373. The van der Waals surface area contributed by atoms with E-state index < -0.39 is 0 Å². The monoisotopic (exact) mass is 283 g/mol. The smallest absolute Gasteiger partial charge is 0.119 e. The molecule has 0 aliphatic heterocycles. The first-order valence-electron chi connectivity index (χ1n) is 6.74. The average molecular weight is 283 g/mol. The van der Waals surface area contributed by atoms with Crippen LogP contribution in [0.1, 0.15) is 31.1 Å². The van der Waals surface area contributed by atoms with Crippen LogP contribution in [-0.2, 0) is 0 Å². The Morgan fingerprint density at radius 1 is 1.42 bits per heavy atom. The van der Waals surface area contributed by atoms with Crippen LogP contribution in [0.3, 0.4) is 0 Å². The van der Waals surface area contributed by atoms with Gasteiger partial charge in [0.1, 0.15) is 5.75 Å². The van der Waals surface area contributed by atoms with Gasteiger partial charge in [0, 0.05) is 17.9 Å². The number of hydrogen-bond donors (Lipinski definition) is 2. The number of hydrogen-bond acceptors (Lipinski definition) is 4. The third-order valence-corrected chi connectivity index (χ3v) is 4.90. The van der Waals surface area contributed by atoms with E-state index in [0.29, 0.717) is 5.92 Å². The van der Waals surface area contributed by atoms with E-state index in [0.717, 1.165) is 17.9 Å². The molecular weight excluding hydrogens is 258 g/mol. The number of benzene rings is 1. The van der Waals surface area contributed by atoms with E-state index in [1.807, 2.05) is 30.8 Å².